The molecule has 8 heteroatoms. The van der Waals surface area contributed by atoms with Crippen LogP contribution in [0.5, 0.6) is 0 Å². The van der Waals surface area contributed by atoms with E-state index in [0.717, 1.165) is 23.4 Å². The van der Waals surface area contributed by atoms with E-state index in [1.807, 2.05) is 25.1 Å². The van der Waals surface area contributed by atoms with Gasteiger partial charge in [0.15, 0.2) is 5.82 Å². The van der Waals surface area contributed by atoms with Crippen LogP contribution >= 0.6 is 11.6 Å². The number of nitrogens with one attached hydrogen (secondary N) is 1. The molecule has 1 amide bonds. The molecule has 0 unspecified atom stereocenters. The van der Waals surface area contributed by atoms with Gasteiger partial charge in [0.2, 0.25) is 0 Å². The van der Waals surface area contributed by atoms with Gasteiger partial charge in [-0.3, -0.25) is 9.48 Å². The molecule has 0 saturated carbocycles. The predicted molar refractivity (Wildman–Crippen MR) is 96.9 cm³/mol. The van der Waals surface area contributed by atoms with Crippen LogP contribution in [0.25, 0.3) is 0 Å². The van der Waals surface area contributed by atoms with Crippen LogP contribution < -0.4 is 5.32 Å². The Morgan fingerprint density at radius 3 is 2.59 bits per heavy atom. The molecule has 1 heterocycles. The summed E-state index contributed by atoms with van der Waals surface area (Å²) >= 11 is 5.97. The Kier molecular flexibility index (Phi) is 5.23. The second-order valence-electron chi connectivity index (χ2n) is 5.99. The third-order valence-corrected chi connectivity index (χ3v) is 4.13. The summed E-state index contributed by atoms with van der Waals surface area (Å²) in [5.74, 6) is -0.398. The van der Waals surface area contributed by atoms with E-state index in [-0.39, 0.29) is 11.4 Å². The maximum Gasteiger partial charge on any atom is 0.416 e. The monoisotopic (exact) mass is 393 g/mol. The van der Waals surface area contributed by atoms with E-state index >= 15 is 0 Å². The molecule has 0 spiro atoms. The summed E-state index contributed by atoms with van der Waals surface area (Å²) in [5.41, 5.74) is 0.753. The molecule has 1 N–H and O–H groups in total. The molecule has 4 nitrogen and oxygen atoms in total. The summed E-state index contributed by atoms with van der Waals surface area (Å²) in [5, 5.41) is 7.43. The molecule has 3 rings (SSSR count). The Labute approximate surface area is 158 Å². The van der Waals surface area contributed by atoms with E-state index in [4.69, 9.17) is 11.6 Å². The van der Waals surface area contributed by atoms with Crippen LogP contribution in [0.1, 0.15) is 27.2 Å². The first-order valence-electron chi connectivity index (χ1n) is 8.00. The molecule has 0 saturated heterocycles. The second-order valence-corrected chi connectivity index (χ2v) is 6.43. The van der Waals surface area contributed by atoms with Crippen molar-refractivity contribution in [3.63, 3.8) is 0 Å². The number of anilines is 1. The molecule has 0 radical (unpaired) electrons. The van der Waals surface area contributed by atoms with E-state index in [0.29, 0.717) is 11.6 Å². The van der Waals surface area contributed by atoms with Crippen molar-refractivity contribution in [1.29, 1.82) is 0 Å². The Balaban J connectivity index is 1.76. The van der Waals surface area contributed by atoms with Crippen molar-refractivity contribution in [2.75, 3.05) is 5.32 Å². The van der Waals surface area contributed by atoms with Gasteiger partial charge in [0.05, 0.1) is 12.1 Å². The first-order valence-corrected chi connectivity index (χ1v) is 8.38. The Morgan fingerprint density at radius 2 is 1.89 bits per heavy atom. The molecule has 1 aromatic heterocycles. The third kappa shape index (κ3) is 4.68. The fourth-order valence-corrected chi connectivity index (χ4v) is 2.78. The summed E-state index contributed by atoms with van der Waals surface area (Å²) < 4.78 is 40.1. The highest BCUT2D eigenvalue weighted by atomic mass is 35.5. The molecular weight excluding hydrogens is 379 g/mol. The quantitative estimate of drug-likeness (QED) is 0.665. The van der Waals surface area contributed by atoms with Crippen LogP contribution in [-0.4, -0.2) is 15.7 Å². The Morgan fingerprint density at radius 1 is 1.15 bits per heavy atom. The van der Waals surface area contributed by atoms with Gasteiger partial charge in [-0.1, -0.05) is 29.8 Å². The first-order chi connectivity index (χ1) is 12.7. The number of halogens is 4. The van der Waals surface area contributed by atoms with Gasteiger partial charge in [-0.2, -0.15) is 18.3 Å². The fourth-order valence-electron chi connectivity index (χ4n) is 2.56. The lowest BCUT2D eigenvalue weighted by atomic mass is 10.1. The Hall–Kier alpha value is -2.80. The number of alkyl halides is 3. The number of aryl methyl sites for hydroxylation is 1. The highest BCUT2D eigenvalue weighted by Gasteiger charge is 2.30. The first kappa shape index (κ1) is 19.0. The number of benzene rings is 2. The third-order valence-electron chi connectivity index (χ3n) is 3.90. The summed E-state index contributed by atoms with van der Waals surface area (Å²) in [6.45, 7) is 2.27. The lowest BCUT2D eigenvalue weighted by Crippen LogP contribution is -2.14. The molecule has 2 aromatic carbocycles. The van der Waals surface area contributed by atoms with Crippen molar-refractivity contribution < 1.29 is 18.0 Å². The second kappa shape index (κ2) is 7.44. The Bertz CT molecular complexity index is 982. The molecule has 0 bridgehead atoms. The van der Waals surface area contributed by atoms with Gasteiger partial charge in [0.25, 0.3) is 5.91 Å². The molecule has 0 fully saturated rings. The zero-order chi connectivity index (χ0) is 19.6. The SMILES string of the molecule is Cc1cc(NC(=O)c2cccc(C(F)(F)F)c2)nn1Cc1cccc(Cl)c1. The molecule has 0 atom stereocenters. The number of aromatic nitrogens is 2. The van der Waals surface area contributed by atoms with Gasteiger partial charge in [0, 0.05) is 22.3 Å². The number of hydrogen-bond donors (Lipinski definition) is 1. The molecule has 0 aliphatic heterocycles. The lowest BCUT2D eigenvalue weighted by Gasteiger charge is -2.08. The minimum absolute atomic E-state index is 0.0909. The number of amides is 1. The summed E-state index contributed by atoms with van der Waals surface area (Å²) in [6, 6.07) is 13.2. The minimum Gasteiger partial charge on any atom is -0.305 e. The molecule has 0 aliphatic carbocycles. The van der Waals surface area contributed by atoms with Gasteiger partial charge in [-0.25, -0.2) is 0 Å². The maximum atomic E-state index is 12.8. The van der Waals surface area contributed by atoms with Crippen molar-refractivity contribution in [2.45, 2.75) is 19.6 Å². The maximum absolute atomic E-state index is 12.8. The zero-order valence-electron chi connectivity index (χ0n) is 14.2. The summed E-state index contributed by atoms with van der Waals surface area (Å²) in [7, 11) is 0. The fraction of sp³-hybridized carbons (Fsp3) is 0.158. The number of nitrogens with zero attached hydrogens (tertiary/aromatic N) is 2. The van der Waals surface area contributed by atoms with Crippen LogP contribution in [0, 0.1) is 6.92 Å². The van der Waals surface area contributed by atoms with Crippen molar-refractivity contribution >= 4 is 23.3 Å². The molecule has 140 valence electrons. The normalized spacial score (nSPS) is 11.4. The van der Waals surface area contributed by atoms with E-state index in [1.54, 1.807) is 16.8 Å². The van der Waals surface area contributed by atoms with Crippen LogP contribution in [0.15, 0.2) is 54.6 Å². The smallest absolute Gasteiger partial charge is 0.305 e. The summed E-state index contributed by atoms with van der Waals surface area (Å²) in [4.78, 5) is 12.3. The van der Waals surface area contributed by atoms with Gasteiger partial charge in [0.1, 0.15) is 0 Å². The summed E-state index contributed by atoms with van der Waals surface area (Å²) in [6.07, 6.45) is -4.51. The van der Waals surface area contributed by atoms with E-state index in [2.05, 4.69) is 10.4 Å². The topological polar surface area (TPSA) is 46.9 Å². The lowest BCUT2D eigenvalue weighted by molar-refractivity contribution is -0.137. The van der Waals surface area contributed by atoms with Crippen LogP contribution in [0.2, 0.25) is 5.02 Å². The highest BCUT2D eigenvalue weighted by Crippen LogP contribution is 2.29. The predicted octanol–water partition coefficient (Wildman–Crippen LogP) is 5.16. The van der Waals surface area contributed by atoms with E-state index in [1.165, 1.54) is 12.1 Å². The van der Waals surface area contributed by atoms with Gasteiger partial charge in [-0.05, 0) is 42.8 Å². The van der Waals surface area contributed by atoms with Gasteiger partial charge < -0.3 is 5.32 Å². The van der Waals surface area contributed by atoms with Gasteiger partial charge >= 0.3 is 6.18 Å². The van der Waals surface area contributed by atoms with E-state index in [9.17, 15) is 18.0 Å². The number of rotatable bonds is 4. The molecule has 3 aromatic rings. The van der Waals surface area contributed by atoms with Crippen molar-refractivity contribution in [2.24, 2.45) is 0 Å². The molecule has 0 aliphatic rings. The van der Waals surface area contributed by atoms with Crippen molar-refractivity contribution in [3.05, 3.63) is 82.0 Å². The average molecular weight is 394 g/mol. The van der Waals surface area contributed by atoms with Crippen molar-refractivity contribution in [3.8, 4) is 0 Å². The number of hydrogen-bond acceptors (Lipinski definition) is 2. The number of carbonyl (C=O) groups is 1. The highest BCUT2D eigenvalue weighted by molar-refractivity contribution is 6.30. The van der Waals surface area contributed by atoms with Crippen LogP contribution in [-0.2, 0) is 12.7 Å². The number of carbonyl (C=O) groups excluding carboxylic acids is 1. The van der Waals surface area contributed by atoms with Crippen LogP contribution in [0.3, 0.4) is 0 Å². The van der Waals surface area contributed by atoms with E-state index < -0.39 is 17.6 Å². The van der Waals surface area contributed by atoms with Crippen molar-refractivity contribution in [1.82, 2.24) is 9.78 Å². The molecular formula is C19H15ClF3N3O. The zero-order valence-corrected chi connectivity index (χ0v) is 15.0. The molecule has 27 heavy (non-hydrogen) atoms. The average Bonchev–Trinajstić information content (AvgIpc) is 2.93. The minimum atomic E-state index is -4.51. The standard InChI is InChI=1S/C19H15ClF3N3O/c1-12-8-17(25-26(12)11-13-4-2-7-16(20)9-13)24-18(27)14-5-3-6-15(10-14)19(21,22)23/h2-10H,11H2,1H3,(H,24,25,27). The van der Waals surface area contributed by atoms with Gasteiger partial charge in [-0.15, -0.1) is 0 Å². The van der Waals surface area contributed by atoms with Crippen LogP contribution in [0.4, 0.5) is 19.0 Å². The largest absolute Gasteiger partial charge is 0.416 e.